The topological polar surface area (TPSA) is 50.4 Å². The van der Waals surface area contributed by atoms with Crippen LogP contribution in [0, 0.1) is 6.92 Å². The molecule has 0 aliphatic carbocycles. The Hall–Kier alpha value is -1.85. The molecule has 5 heteroatoms. The molecule has 1 aromatic carbocycles. The monoisotopic (exact) mass is 318 g/mol. The highest BCUT2D eigenvalue weighted by Crippen LogP contribution is 2.31. The van der Waals surface area contributed by atoms with Gasteiger partial charge >= 0.3 is 0 Å². The second-order valence-corrected chi connectivity index (χ2v) is 6.17. The zero-order valence-corrected chi connectivity index (χ0v) is 14.0. The average Bonchev–Trinajstić information content (AvgIpc) is 2.93. The van der Waals surface area contributed by atoms with Crippen LogP contribution in [0.3, 0.4) is 0 Å². The quantitative estimate of drug-likeness (QED) is 0.771. The minimum absolute atomic E-state index is 0.00855. The summed E-state index contributed by atoms with van der Waals surface area (Å²) in [5.74, 6) is 0.823. The molecule has 2 rings (SSSR count). The number of hydrogen-bond acceptors (Lipinski definition) is 4. The van der Waals surface area contributed by atoms with Gasteiger partial charge in [0.25, 0.3) is 5.91 Å². The minimum atomic E-state index is -0.00855. The molecule has 0 atom stereocenters. The van der Waals surface area contributed by atoms with Crippen molar-refractivity contribution in [2.45, 2.75) is 13.8 Å². The van der Waals surface area contributed by atoms with Crippen LogP contribution in [0.25, 0.3) is 11.1 Å². The van der Waals surface area contributed by atoms with Crippen LogP contribution in [0.2, 0.25) is 0 Å². The normalized spacial score (nSPS) is 10.5. The Bertz CT molecular complexity index is 620. The van der Waals surface area contributed by atoms with Gasteiger partial charge in [-0.1, -0.05) is 19.1 Å². The molecule has 1 heterocycles. The van der Waals surface area contributed by atoms with Gasteiger partial charge < -0.3 is 15.4 Å². The van der Waals surface area contributed by atoms with Gasteiger partial charge in [-0.2, -0.15) is 0 Å². The second-order valence-electron chi connectivity index (χ2n) is 4.92. The summed E-state index contributed by atoms with van der Waals surface area (Å²) in [6, 6.07) is 9.86. The number of aryl methyl sites for hydroxylation is 1. The number of likely N-dealkylation sites (N-methyl/N-ethyl adjacent to an activating group) is 1. The van der Waals surface area contributed by atoms with Gasteiger partial charge in [0.05, 0.1) is 12.0 Å². The molecule has 1 aromatic heterocycles. The van der Waals surface area contributed by atoms with E-state index in [9.17, 15) is 4.79 Å². The van der Waals surface area contributed by atoms with Gasteiger partial charge in [-0.15, -0.1) is 11.3 Å². The van der Waals surface area contributed by atoms with Gasteiger partial charge in [0, 0.05) is 18.0 Å². The maximum Gasteiger partial charge on any atom is 0.261 e. The Morgan fingerprint density at radius 2 is 1.95 bits per heavy atom. The van der Waals surface area contributed by atoms with Crippen LogP contribution in [0.5, 0.6) is 5.75 Å². The fraction of sp³-hybridized carbons (Fsp3) is 0.353. The van der Waals surface area contributed by atoms with Crippen molar-refractivity contribution in [2.75, 3.05) is 26.7 Å². The van der Waals surface area contributed by atoms with Crippen molar-refractivity contribution >= 4 is 17.2 Å². The molecule has 0 spiro atoms. The number of nitrogens with one attached hydrogen (secondary N) is 2. The van der Waals surface area contributed by atoms with E-state index in [4.69, 9.17) is 4.74 Å². The smallest absolute Gasteiger partial charge is 0.261 e. The van der Waals surface area contributed by atoms with Gasteiger partial charge in [0.15, 0.2) is 0 Å². The first-order valence-corrected chi connectivity index (χ1v) is 8.21. The third-order valence-corrected chi connectivity index (χ3v) is 4.43. The molecular formula is C17H22N2O2S. The van der Waals surface area contributed by atoms with E-state index >= 15 is 0 Å². The number of rotatable bonds is 7. The van der Waals surface area contributed by atoms with E-state index in [1.165, 1.54) is 11.3 Å². The summed E-state index contributed by atoms with van der Waals surface area (Å²) in [6.07, 6.45) is 0. The molecule has 118 valence electrons. The predicted molar refractivity (Wildman–Crippen MR) is 91.9 cm³/mol. The second kappa shape index (κ2) is 7.96. The summed E-state index contributed by atoms with van der Waals surface area (Å²) >= 11 is 1.53. The lowest BCUT2D eigenvalue weighted by Gasteiger charge is -2.03. The third-order valence-electron chi connectivity index (χ3n) is 3.38. The molecule has 0 aliphatic heterocycles. The first kappa shape index (κ1) is 16.5. The molecule has 22 heavy (non-hydrogen) atoms. The van der Waals surface area contributed by atoms with Crippen molar-refractivity contribution in [2.24, 2.45) is 0 Å². The molecule has 1 amide bonds. The highest BCUT2D eigenvalue weighted by atomic mass is 32.1. The van der Waals surface area contributed by atoms with Gasteiger partial charge in [-0.05, 0) is 42.8 Å². The van der Waals surface area contributed by atoms with E-state index in [0.717, 1.165) is 39.7 Å². The first-order valence-electron chi connectivity index (χ1n) is 7.39. The Kier molecular flexibility index (Phi) is 5.98. The highest BCUT2D eigenvalue weighted by Gasteiger charge is 2.13. The highest BCUT2D eigenvalue weighted by molar-refractivity contribution is 7.14. The number of thiophene rings is 1. The zero-order valence-electron chi connectivity index (χ0n) is 13.2. The maximum atomic E-state index is 12.2. The lowest BCUT2D eigenvalue weighted by atomic mass is 10.1. The predicted octanol–water partition coefficient (Wildman–Crippen LogP) is 3.07. The molecule has 0 saturated heterocycles. The summed E-state index contributed by atoms with van der Waals surface area (Å²) < 4.78 is 5.18. The maximum absolute atomic E-state index is 12.2. The summed E-state index contributed by atoms with van der Waals surface area (Å²) in [5.41, 5.74) is 2.20. The average molecular weight is 318 g/mol. The molecular weight excluding hydrogens is 296 g/mol. The van der Waals surface area contributed by atoms with Crippen molar-refractivity contribution in [1.29, 1.82) is 0 Å². The largest absolute Gasteiger partial charge is 0.497 e. The van der Waals surface area contributed by atoms with E-state index in [0.29, 0.717) is 6.54 Å². The van der Waals surface area contributed by atoms with Gasteiger partial charge in [-0.3, -0.25) is 4.79 Å². The SMILES string of the molecule is CCNCCNC(=O)c1cc(-c2ccc(OC)cc2)c(C)s1. The van der Waals surface area contributed by atoms with Crippen LogP contribution < -0.4 is 15.4 Å². The van der Waals surface area contributed by atoms with Gasteiger partial charge in [0.1, 0.15) is 5.75 Å². The van der Waals surface area contributed by atoms with E-state index in [1.54, 1.807) is 7.11 Å². The molecule has 0 saturated carbocycles. The van der Waals surface area contributed by atoms with E-state index in [1.807, 2.05) is 44.2 Å². The summed E-state index contributed by atoms with van der Waals surface area (Å²) in [7, 11) is 1.65. The van der Waals surface area contributed by atoms with Crippen molar-refractivity contribution in [3.8, 4) is 16.9 Å². The van der Waals surface area contributed by atoms with Crippen LogP contribution >= 0.6 is 11.3 Å². The molecule has 0 aliphatic rings. The number of hydrogen-bond donors (Lipinski definition) is 2. The Morgan fingerprint density at radius 3 is 2.59 bits per heavy atom. The molecule has 2 aromatic rings. The number of amides is 1. The number of carbonyl (C=O) groups is 1. The fourth-order valence-electron chi connectivity index (χ4n) is 2.18. The zero-order chi connectivity index (χ0) is 15.9. The molecule has 0 bridgehead atoms. The molecule has 0 unspecified atom stereocenters. The number of methoxy groups -OCH3 is 1. The standard InChI is InChI=1S/C17H22N2O2S/c1-4-18-9-10-19-17(20)16-11-15(12(2)22-16)13-5-7-14(21-3)8-6-13/h5-8,11,18H,4,9-10H2,1-3H3,(H,19,20). The molecule has 0 fully saturated rings. The Balaban J connectivity index is 2.08. The van der Waals surface area contributed by atoms with Crippen LogP contribution in [0.4, 0.5) is 0 Å². The first-order chi connectivity index (χ1) is 10.7. The molecule has 4 nitrogen and oxygen atoms in total. The number of ether oxygens (including phenoxy) is 1. The lowest BCUT2D eigenvalue weighted by molar-refractivity contribution is 0.0958. The van der Waals surface area contributed by atoms with Gasteiger partial charge in [-0.25, -0.2) is 0 Å². The van der Waals surface area contributed by atoms with Crippen molar-refractivity contribution < 1.29 is 9.53 Å². The summed E-state index contributed by atoms with van der Waals surface area (Å²) in [6.45, 7) is 6.43. The van der Waals surface area contributed by atoms with Crippen molar-refractivity contribution in [3.63, 3.8) is 0 Å². The Morgan fingerprint density at radius 1 is 1.23 bits per heavy atom. The fourth-order valence-corrected chi connectivity index (χ4v) is 3.14. The van der Waals surface area contributed by atoms with Crippen LogP contribution in [-0.2, 0) is 0 Å². The summed E-state index contributed by atoms with van der Waals surface area (Å²) in [4.78, 5) is 14.0. The number of benzene rings is 1. The van der Waals surface area contributed by atoms with Gasteiger partial charge in [0.2, 0.25) is 0 Å². The van der Waals surface area contributed by atoms with Crippen LogP contribution in [0.1, 0.15) is 21.5 Å². The lowest BCUT2D eigenvalue weighted by Crippen LogP contribution is -2.31. The van der Waals surface area contributed by atoms with E-state index in [-0.39, 0.29) is 5.91 Å². The molecule has 2 N–H and O–H groups in total. The Labute approximate surface area is 135 Å². The minimum Gasteiger partial charge on any atom is -0.497 e. The van der Waals surface area contributed by atoms with Crippen LogP contribution in [0.15, 0.2) is 30.3 Å². The van der Waals surface area contributed by atoms with Crippen molar-refractivity contribution in [1.82, 2.24) is 10.6 Å². The number of carbonyl (C=O) groups excluding carboxylic acids is 1. The third kappa shape index (κ3) is 4.08. The van der Waals surface area contributed by atoms with Crippen molar-refractivity contribution in [3.05, 3.63) is 40.1 Å². The van der Waals surface area contributed by atoms with E-state index < -0.39 is 0 Å². The summed E-state index contributed by atoms with van der Waals surface area (Å²) in [5, 5.41) is 6.12. The van der Waals surface area contributed by atoms with E-state index in [2.05, 4.69) is 10.6 Å². The molecule has 0 radical (unpaired) electrons. The van der Waals surface area contributed by atoms with Crippen LogP contribution in [-0.4, -0.2) is 32.7 Å².